The van der Waals surface area contributed by atoms with Crippen LogP contribution in [-0.2, 0) is 11.3 Å². The van der Waals surface area contributed by atoms with Gasteiger partial charge in [0.05, 0.1) is 18.0 Å². The van der Waals surface area contributed by atoms with Crippen LogP contribution in [0.2, 0.25) is 0 Å². The third-order valence-corrected chi connectivity index (χ3v) is 5.96. The first-order valence-corrected chi connectivity index (χ1v) is 11.4. The molecule has 0 aliphatic carbocycles. The number of piperidine rings is 1. The topological polar surface area (TPSA) is 59.4 Å². The summed E-state index contributed by atoms with van der Waals surface area (Å²) in [5, 5.41) is 7.61. The number of rotatable bonds is 7. The van der Waals surface area contributed by atoms with Crippen molar-refractivity contribution in [1.82, 2.24) is 14.7 Å². The van der Waals surface area contributed by atoms with Gasteiger partial charge in [-0.25, -0.2) is 4.68 Å². The lowest BCUT2D eigenvalue weighted by atomic mass is 9.95. The average molecular weight is 433 g/mol. The van der Waals surface area contributed by atoms with Gasteiger partial charge in [0.15, 0.2) is 0 Å². The van der Waals surface area contributed by atoms with Gasteiger partial charge in [-0.3, -0.25) is 9.69 Å². The molecule has 6 nitrogen and oxygen atoms in total. The van der Waals surface area contributed by atoms with Crippen LogP contribution < -0.4 is 10.1 Å². The monoisotopic (exact) mass is 432 g/mol. The Balaban J connectivity index is 1.28. The zero-order valence-electron chi connectivity index (χ0n) is 19.2. The quantitative estimate of drug-likeness (QED) is 0.586. The molecule has 2 heterocycles. The predicted octanol–water partition coefficient (Wildman–Crippen LogP) is 4.74. The summed E-state index contributed by atoms with van der Waals surface area (Å²) in [5.41, 5.74) is 5.16. The van der Waals surface area contributed by atoms with Gasteiger partial charge in [-0.05, 0) is 94.7 Å². The number of hydrogen-bond donors (Lipinski definition) is 1. The number of benzene rings is 2. The van der Waals surface area contributed by atoms with Crippen LogP contribution >= 0.6 is 0 Å². The number of ether oxygens (including phenoxy) is 1. The van der Waals surface area contributed by atoms with E-state index in [0.29, 0.717) is 6.61 Å². The molecule has 6 heteroatoms. The first-order chi connectivity index (χ1) is 15.5. The van der Waals surface area contributed by atoms with Crippen molar-refractivity contribution >= 4 is 11.6 Å². The molecule has 3 aromatic rings. The molecule has 0 spiro atoms. The van der Waals surface area contributed by atoms with E-state index in [9.17, 15) is 4.79 Å². The Hall–Kier alpha value is -3.12. The van der Waals surface area contributed by atoms with Gasteiger partial charge in [0.25, 0.3) is 0 Å². The Labute approximate surface area is 190 Å². The second kappa shape index (κ2) is 10.0. The van der Waals surface area contributed by atoms with Crippen LogP contribution in [0.25, 0.3) is 5.69 Å². The van der Waals surface area contributed by atoms with E-state index in [0.717, 1.165) is 61.0 Å². The molecule has 1 fully saturated rings. The van der Waals surface area contributed by atoms with Crippen LogP contribution in [0.3, 0.4) is 0 Å². The van der Waals surface area contributed by atoms with Crippen molar-refractivity contribution in [2.45, 2.75) is 40.2 Å². The molecule has 1 aromatic heterocycles. The van der Waals surface area contributed by atoms with E-state index < -0.39 is 0 Å². The molecule has 0 radical (unpaired) electrons. The minimum absolute atomic E-state index is 0.0525. The van der Waals surface area contributed by atoms with Gasteiger partial charge in [0.1, 0.15) is 5.75 Å². The molecule has 0 bridgehead atoms. The summed E-state index contributed by atoms with van der Waals surface area (Å²) in [7, 11) is 0. The van der Waals surface area contributed by atoms with Crippen molar-refractivity contribution in [2.75, 3.05) is 25.0 Å². The van der Waals surface area contributed by atoms with Crippen LogP contribution in [0.1, 0.15) is 36.7 Å². The molecule has 1 amide bonds. The minimum atomic E-state index is 0.0525. The Bertz CT molecular complexity index is 1050. The van der Waals surface area contributed by atoms with Gasteiger partial charge >= 0.3 is 0 Å². The number of likely N-dealkylation sites (tertiary alicyclic amines) is 1. The fraction of sp³-hybridized carbons (Fsp3) is 0.385. The lowest BCUT2D eigenvalue weighted by molar-refractivity contribution is -0.121. The SMILES string of the molecule is CCOc1cccc(CN2CCC(C(=O)Nc3ccc(-n4nc(C)cc4C)cc3)CC2)c1. The third kappa shape index (κ3) is 5.37. The summed E-state index contributed by atoms with van der Waals surface area (Å²) >= 11 is 0. The second-order valence-corrected chi connectivity index (χ2v) is 8.51. The summed E-state index contributed by atoms with van der Waals surface area (Å²) < 4.78 is 7.52. The highest BCUT2D eigenvalue weighted by atomic mass is 16.5. The molecule has 0 unspecified atom stereocenters. The number of aromatic nitrogens is 2. The zero-order valence-corrected chi connectivity index (χ0v) is 19.2. The van der Waals surface area contributed by atoms with Crippen molar-refractivity contribution in [3.05, 3.63) is 71.5 Å². The number of anilines is 1. The number of nitrogens with zero attached hydrogens (tertiary/aromatic N) is 3. The molecule has 2 aromatic carbocycles. The number of carbonyl (C=O) groups is 1. The Morgan fingerprint density at radius 2 is 1.84 bits per heavy atom. The molecule has 1 aliphatic heterocycles. The van der Waals surface area contributed by atoms with Gasteiger partial charge < -0.3 is 10.1 Å². The molecule has 0 atom stereocenters. The number of nitrogens with one attached hydrogen (secondary N) is 1. The molecule has 1 saturated heterocycles. The maximum atomic E-state index is 12.8. The summed E-state index contributed by atoms with van der Waals surface area (Å²) in [6.07, 6.45) is 1.75. The van der Waals surface area contributed by atoms with Crippen LogP contribution in [-0.4, -0.2) is 40.3 Å². The molecular formula is C26H32N4O2. The van der Waals surface area contributed by atoms with Crippen molar-refractivity contribution in [1.29, 1.82) is 0 Å². The van der Waals surface area contributed by atoms with Gasteiger partial charge in [0.2, 0.25) is 5.91 Å². The van der Waals surface area contributed by atoms with E-state index in [1.54, 1.807) is 0 Å². The molecule has 4 rings (SSSR count). The molecular weight excluding hydrogens is 400 g/mol. The van der Waals surface area contributed by atoms with Crippen molar-refractivity contribution in [3.63, 3.8) is 0 Å². The maximum Gasteiger partial charge on any atom is 0.227 e. The van der Waals surface area contributed by atoms with Gasteiger partial charge in [-0.2, -0.15) is 5.10 Å². The lowest BCUT2D eigenvalue weighted by Gasteiger charge is -2.31. The van der Waals surface area contributed by atoms with E-state index in [1.807, 2.05) is 61.9 Å². The first kappa shape index (κ1) is 22.1. The van der Waals surface area contributed by atoms with Crippen LogP contribution in [0, 0.1) is 19.8 Å². The number of aryl methyl sites for hydroxylation is 2. The summed E-state index contributed by atoms with van der Waals surface area (Å²) in [6.45, 7) is 9.44. The number of hydrogen-bond acceptors (Lipinski definition) is 4. The molecule has 1 N–H and O–H groups in total. The number of amides is 1. The van der Waals surface area contributed by atoms with Gasteiger partial charge in [-0.15, -0.1) is 0 Å². The smallest absolute Gasteiger partial charge is 0.227 e. The summed E-state index contributed by atoms with van der Waals surface area (Å²) in [6, 6.07) is 18.2. The van der Waals surface area contributed by atoms with E-state index in [1.165, 1.54) is 5.56 Å². The fourth-order valence-electron chi connectivity index (χ4n) is 4.33. The summed E-state index contributed by atoms with van der Waals surface area (Å²) in [4.78, 5) is 15.2. The lowest BCUT2D eigenvalue weighted by Crippen LogP contribution is -2.37. The Morgan fingerprint density at radius 1 is 1.09 bits per heavy atom. The van der Waals surface area contributed by atoms with E-state index in [2.05, 4.69) is 33.5 Å². The van der Waals surface area contributed by atoms with E-state index >= 15 is 0 Å². The molecule has 1 aliphatic rings. The molecule has 168 valence electrons. The molecule has 0 saturated carbocycles. The van der Waals surface area contributed by atoms with Crippen molar-refractivity contribution in [2.24, 2.45) is 5.92 Å². The van der Waals surface area contributed by atoms with Crippen LogP contribution in [0.4, 0.5) is 5.69 Å². The second-order valence-electron chi connectivity index (χ2n) is 8.51. The normalized spacial score (nSPS) is 15.0. The van der Waals surface area contributed by atoms with Gasteiger partial charge in [-0.1, -0.05) is 12.1 Å². The highest BCUT2D eigenvalue weighted by Crippen LogP contribution is 2.23. The van der Waals surface area contributed by atoms with Gasteiger partial charge in [0, 0.05) is 23.8 Å². The maximum absolute atomic E-state index is 12.8. The average Bonchev–Trinajstić information content (AvgIpc) is 3.13. The standard InChI is InChI=1S/C26H32N4O2/c1-4-32-25-7-5-6-21(17-25)18-29-14-12-22(13-15-29)26(31)27-23-8-10-24(11-9-23)30-20(3)16-19(2)28-30/h5-11,16-17,22H,4,12-15,18H2,1-3H3,(H,27,31). The van der Waals surface area contributed by atoms with Crippen molar-refractivity contribution < 1.29 is 9.53 Å². The largest absolute Gasteiger partial charge is 0.494 e. The fourth-order valence-corrected chi connectivity index (χ4v) is 4.33. The number of carbonyl (C=O) groups excluding carboxylic acids is 1. The van der Waals surface area contributed by atoms with E-state index in [-0.39, 0.29) is 11.8 Å². The molecule has 32 heavy (non-hydrogen) atoms. The predicted molar refractivity (Wildman–Crippen MR) is 127 cm³/mol. The van der Waals surface area contributed by atoms with E-state index in [4.69, 9.17) is 4.74 Å². The first-order valence-electron chi connectivity index (χ1n) is 11.4. The highest BCUT2D eigenvalue weighted by molar-refractivity contribution is 5.92. The van der Waals surface area contributed by atoms with Crippen molar-refractivity contribution in [3.8, 4) is 11.4 Å². The minimum Gasteiger partial charge on any atom is -0.494 e. The zero-order chi connectivity index (χ0) is 22.5. The Morgan fingerprint density at radius 3 is 2.50 bits per heavy atom. The Kier molecular flexibility index (Phi) is 6.90. The third-order valence-electron chi connectivity index (χ3n) is 5.96. The van der Waals surface area contributed by atoms with Crippen LogP contribution in [0.15, 0.2) is 54.6 Å². The summed E-state index contributed by atoms with van der Waals surface area (Å²) in [5.74, 6) is 1.08. The highest BCUT2D eigenvalue weighted by Gasteiger charge is 2.25. The van der Waals surface area contributed by atoms with Crippen LogP contribution in [0.5, 0.6) is 5.75 Å².